The zero-order valence-corrected chi connectivity index (χ0v) is 15.4. The Balaban J connectivity index is 1.31. The molecule has 0 amide bonds. The molecule has 1 fully saturated rings. The number of aromatic nitrogens is 2. The van der Waals surface area contributed by atoms with E-state index < -0.39 is 6.10 Å². The van der Waals surface area contributed by atoms with Crippen LogP contribution in [0.4, 0.5) is 0 Å². The third kappa shape index (κ3) is 3.76. The third-order valence-electron chi connectivity index (χ3n) is 5.68. The van der Waals surface area contributed by atoms with Gasteiger partial charge in [0.25, 0.3) is 5.56 Å². The summed E-state index contributed by atoms with van der Waals surface area (Å²) in [6, 6.07) is 5.51. The molecule has 1 aliphatic carbocycles. The van der Waals surface area contributed by atoms with Crippen molar-refractivity contribution < 1.29 is 9.52 Å². The minimum atomic E-state index is -0.582. The molecular weight excluding hydrogens is 330 g/mol. The monoisotopic (exact) mass is 357 g/mol. The number of hydrogen-bond donors (Lipinski definition) is 1. The van der Waals surface area contributed by atoms with Crippen LogP contribution in [0.3, 0.4) is 0 Å². The molecule has 6 nitrogen and oxygen atoms in total. The Morgan fingerprint density at radius 3 is 2.85 bits per heavy atom. The normalized spacial score (nSPS) is 19.6. The van der Waals surface area contributed by atoms with Gasteiger partial charge in [0, 0.05) is 19.2 Å². The predicted octanol–water partition coefficient (Wildman–Crippen LogP) is 2.08. The van der Waals surface area contributed by atoms with Gasteiger partial charge in [-0.2, -0.15) is 5.10 Å². The van der Waals surface area contributed by atoms with Crippen LogP contribution in [0.2, 0.25) is 0 Å². The van der Waals surface area contributed by atoms with Crippen LogP contribution in [0.25, 0.3) is 0 Å². The van der Waals surface area contributed by atoms with Gasteiger partial charge in [-0.1, -0.05) is 0 Å². The van der Waals surface area contributed by atoms with Crippen molar-refractivity contribution in [1.29, 1.82) is 0 Å². The van der Waals surface area contributed by atoms with Crippen LogP contribution in [0.15, 0.2) is 27.4 Å². The van der Waals surface area contributed by atoms with Crippen molar-refractivity contribution in [3.8, 4) is 0 Å². The van der Waals surface area contributed by atoms with Gasteiger partial charge in [0.2, 0.25) is 0 Å². The van der Waals surface area contributed by atoms with E-state index in [0.29, 0.717) is 24.8 Å². The Morgan fingerprint density at radius 1 is 1.31 bits per heavy atom. The summed E-state index contributed by atoms with van der Waals surface area (Å²) in [6.07, 6.45) is 4.57. The number of nitrogens with zero attached hydrogens (tertiary/aromatic N) is 3. The molecule has 0 bridgehead atoms. The van der Waals surface area contributed by atoms with Crippen molar-refractivity contribution >= 4 is 0 Å². The van der Waals surface area contributed by atoms with Gasteiger partial charge in [0.15, 0.2) is 0 Å². The van der Waals surface area contributed by atoms with Crippen LogP contribution in [-0.2, 0) is 19.4 Å². The summed E-state index contributed by atoms with van der Waals surface area (Å²) < 4.78 is 7.19. The number of β-amino-alcohol motifs (C(OH)–C–C–N with tert-alkyl or cyclic N) is 1. The second kappa shape index (κ2) is 7.37. The molecule has 2 aliphatic rings. The first-order valence-corrected chi connectivity index (χ1v) is 9.65. The van der Waals surface area contributed by atoms with Gasteiger partial charge in [0.1, 0.15) is 17.6 Å². The Morgan fingerprint density at radius 2 is 2.12 bits per heavy atom. The summed E-state index contributed by atoms with van der Waals surface area (Å²) >= 11 is 0. The number of aliphatic hydroxyl groups excluding tert-OH is 1. The van der Waals surface area contributed by atoms with E-state index in [1.165, 1.54) is 0 Å². The number of piperidine rings is 1. The van der Waals surface area contributed by atoms with Gasteiger partial charge in [-0.25, -0.2) is 4.68 Å². The van der Waals surface area contributed by atoms with Gasteiger partial charge in [-0.3, -0.25) is 4.79 Å². The van der Waals surface area contributed by atoms with Gasteiger partial charge >= 0.3 is 0 Å². The maximum atomic E-state index is 12.3. The molecule has 2 aromatic heterocycles. The number of furan rings is 1. The van der Waals surface area contributed by atoms with Crippen LogP contribution in [-0.4, -0.2) is 39.4 Å². The zero-order chi connectivity index (χ0) is 18.1. The summed E-state index contributed by atoms with van der Waals surface area (Å²) in [5.41, 5.74) is 2.29. The maximum Gasteiger partial charge on any atom is 0.267 e. The van der Waals surface area contributed by atoms with Crippen LogP contribution in [0.1, 0.15) is 48.1 Å². The van der Waals surface area contributed by atoms with E-state index in [9.17, 15) is 9.90 Å². The van der Waals surface area contributed by atoms with Gasteiger partial charge < -0.3 is 14.4 Å². The van der Waals surface area contributed by atoms with E-state index in [1.54, 1.807) is 10.7 Å². The molecule has 26 heavy (non-hydrogen) atoms. The molecule has 1 aliphatic heterocycles. The molecule has 1 N–H and O–H groups in total. The minimum absolute atomic E-state index is 0.0386. The number of likely N-dealkylation sites (tertiary alicyclic amines) is 1. The molecule has 140 valence electrons. The quantitative estimate of drug-likeness (QED) is 0.887. The van der Waals surface area contributed by atoms with Crippen molar-refractivity contribution in [3.05, 3.63) is 51.3 Å². The van der Waals surface area contributed by atoms with Gasteiger partial charge in [-0.15, -0.1) is 0 Å². The second-order valence-electron chi connectivity index (χ2n) is 7.70. The molecule has 0 saturated carbocycles. The highest BCUT2D eigenvalue weighted by Crippen LogP contribution is 2.23. The lowest BCUT2D eigenvalue weighted by Gasteiger charge is -2.32. The number of hydrogen-bond acceptors (Lipinski definition) is 5. The van der Waals surface area contributed by atoms with Crippen molar-refractivity contribution in [2.24, 2.45) is 5.92 Å². The van der Waals surface area contributed by atoms with Crippen molar-refractivity contribution in [2.75, 3.05) is 19.6 Å². The average molecular weight is 357 g/mol. The summed E-state index contributed by atoms with van der Waals surface area (Å²) in [4.78, 5) is 14.5. The molecule has 1 saturated heterocycles. The highest BCUT2D eigenvalue weighted by Gasteiger charge is 2.24. The maximum absolute atomic E-state index is 12.3. The number of fused-ring (bicyclic) bond motifs is 1. The largest absolute Gasteiger partial charge is 0.464 e. The fraction of sp³-hybridized carbons (Fsp3) is 0.600. The highest BCUT2D eigenvalue weighted by molar-refractivity contribution is 5.22. The minimum Gasteiger partial charge on any atom is -0.464 e. The molecule has 6 heteroatoms. The summed E-state index contributed by atoms with van der Waals surface area (Å²) in [5, 5.41) is 14.9. The van der Waals surface area contributed by atoms with Crippen LogP contribution < -0.4 is 5.56 Å². The Hall–Kier alpha value is -1.92. The van der Waals surface area contributed by atoms with Crippen molar-refractivity contribution in [2.45, 2.75) is 51.7 Å². The Bertz CT molecular complexity index is 818. The van der Waals surface area contributed by atoms with E-state index in [2.05, 4.69) is 10.00 Å². The Kier molecular flexibility index (Phi) is 4.96. The second-order valence-corrected chi connectivity index (χ2v) is 7.70. The fourth-order valence-corrected chi connectivity index (χ4v) is 4.13. The lowest BCUT2D eigenvalue weighted by atomic mass is 9.96. The number of aryl methyl sites for hydroxylation is 3. The average Bonchev–Trinajstić information content (AvgIpc) is 3.25. The summed E-state index contributed by atoms with van der Waals surface area (Å²) in [5.74, 6) is 1.93. The van der Waals surface area contributed by atoms with E-state index >= 15 is 0 Å². The fourth-order valence-electron chi connectivity index (χ4n) is 4.13. The smallest absolute Gasteiger partial charge is 0.267 e. The predicted molar refractivity (Wildman–Crippen MR) is 98.1 cm³/mol. The molecule has 0 aromatic carbocycles. The Labute approximate surface area is 153 Å². The standard InChI is InChI=1S/C20H27N3O3/c1-14-5-6-19(26-14)18(24)13-22-9-7-15(8-10-22)12-23-20(25)11-16-3-2-4-17(16)21-23/h5-6,11,15,18,24H,2-4,7-10,12-13H2,1H3. The van der Waals surface area contributed by atoms with Crippen LogP contribution in [0, 0.1) is 12.8 Å². The lowest BCUT2D eigenvalue weighted by molar-refractivity contribution is 0.0719. The molecule has 0 radical (unpaired) electrons. The van der Waals surface area contributed by atoms with Crippen LogP contribution >= 0.6 is 0 Å². The molecule has 1 atom stereocenters. The van der Waals surface area contributed by atoms with Gasteiger partial charge in [-0.05, 0) is 75.7 Å². The topological polar surface area (TPSA) is 71.5 Å². The van der Waals surface area contributed by atoms with E-state index in [4.69, 9.17) is 4.42 Å². The first-order valence-electron chi connectivity index (χ1n) is 9.65. The van der Waals surface area contributed by atoms with E-state index in [-0.39, 0.29) is 5.56 Å². The van der Waals surface area contributed by atoms with E-state index in [1.807, 2.05) is 19.1 Å². The molecule has 4 rings (SSSR count). The molecule has 1 unspecified atom stereocenters. The van der Waals surface area contributed by atoms with Gasteiger partial charge in [0.05, 0.1) is 5.69 Å². The number of rotatable bonds is 5. The summed E-state index contributed by atoms with van der Waals surface area (Å²) in [7, 11) is 0. The molecule has 2 aromatic rings. The molecule has 3 heterocycles. The lowest BCUT2D eigenvalue weighted by Crippen LogP contribution is -2.38. The first-order chi connectivity index (χ1) is 12.6. The summed E-state index contributed by atoms with van der Waals surface area (Å²) in [6.45, 7) is 5.05. The SMILES string of the molecule is Cc1ccc(C(O)CN2CCC(Cn3nc4c(cc3=O)CCC4)CC2)o1. The van der Waals surface area contributed by atoms with E-state index in [0.717, 1.165) is 62.2 Å². The van der Waals surface area contributed by atoms with Crippen molar-refractivity contribution in [1.82, 2.24) is 14.7 Å². The first kappa shape index (κ1) is 17.5. The number of aliphatic hydroxyl groups is 1. The third-order valence-corrected chi connectivity index (χ3v) is 5.68. The molecule has 0 spiro atoms. The highest BCUT2D eigenvalue weighted by atomic mass is 16.4. The van der Waals surface area contributed by atoms with Crippen LogP contribution in [0.5, 0.6) is 0 Å². The molecular formula is C20H27N3O3. The zero-order valence-electron chi connectivity index (χ0n) is 15.4. The van der Waals surface area contributed by atoms with Crippen molar-refractivity contribution in [3.63, 3.8) is 0 Å².